The molecule has 0 bridgehead atoms. The number of hydrogen-bond donors (Lipinski definition) is 2. The minimum Gasteiger partial charge on any atom is -0.353 e. The summed E-state index contributed by atoms with van der Waals surface area (Å²) in [5, 5.41) is 3.16. The van der Waals surface area contributed by atoms with E-state index in [1.165, 1.54) is 17.5 Å². The van der Waals surface area contributed by atoms with Gasteiger partial charge in [-0.1, -0.05) is 44.5 Å². The third-order valence-electron chi connectivity index (χ3n) is 4.60. The number of nitrogens with one attached hydrogen (secondary N) is 1. The summed E-state index contributed by atoms with van der Waals surface area (Å²) in [6, 6.07) is 8.91. The van der Waals surface area contributed by atoms with Crippen LogP contribution < -0.4 is 11.1 Å². The molecular formula is C18H28N2O. The molecule has 0 radical (unpaired) electrons. The second-order valence-corrected chi connectivity index (χ2v) is 6.50. The van der Waals surface area contributed by atoms with Crippen LogP contribution in [0.4, 0.5) is 0 Å². The first-order chi connectivity index (χ1) is 10.1. The molecule has 0 spiro atoms. The van der Waals surface area contributed by atoms with Crippen LogP contribution in [0, 0.1) is 5.92 Å². The van der Waals surface area contributed by atoms with Gasteiger partial charge in [0.25, 0.3) is 0 Å². The normalized spacial score (nSPS) is 21.7. The van der Waals surface area contributed by atoms with Gasteiger partial charge in [0.1, 0.15) is 0 Å². The van der Waals surface area contributed by atoms with Gasteiger partial charge in [-0.2, -0.15) is 0 Å². The molecule has 1 amide bonds. The molecule has 1 saturated carbocycles. The Morgan fingerprint density at radius 1 is 1.29 bits per heavy atom. The summed E-state index contributed by atoms with van der Waals surface area (Å²) in [6.07, 6.45) is 4.79. The fourth-order valence-corrected chi connectivity index (χ4v) is 3.12. The average Bonchev–Trinajstić information content (AvgIpc) is 2.92. The van der Waals surface area contributed by atoms with Gasteiger partial charge in [-0.3, -0.25) is 4.79 Å². The number of carbonyl (C=O) groups is 1. The van der Waals surface area contributed by atoms with Crippen LogP contribution in [0.5, 0.6) is 0 Å². The third kappa shape index (κ3) is 4.57. The lowest BCUT2D eigenvalue weighted by atomic mass is 10.00. The minimum atomic E-state index is 0.160. The van der Waals surface area contributed by atoms with E-state index in [4.69, 9.17) is 5.73 Å². The zero-order valence-electron chi connectivity index (χ0n) is 13.3. The zero-order chi connectivity index (χ0) is 15.2. The Bertz CT molecular complexity index is 453. The van der Waals surface area contributed by atoms with Crippen LogP contribution in [-0.4, -0.2) is 18.5 Å². The van der Waals surface area contributed by atoms with Gasteiger partial charge in [-0.05, 0) is 48.8 Å². The molecule has 2 atom stereocenters. The van der Waals surface area contributed by atoms with Crippen molar-refractivity contribution in [3.63, 3.8) is 0 Å². The van der Waals surface area contributed by atoms with Crippen molar-refractivity contribution in [2.45, 2.75) is 57.9 Å². The van der Waals surface area contributed by atoms with E-state index in [1.54, 1.807) is 0 Å². The molecule has 0 heterocycles. The number of rotatable bonds is 6. The van der Waals surface area contributed by atoms with E-state index < -0.39 is 0 Å². The number of carbonyl (C=O) groups excluding carboxylic acids is 1. The van der Waals surface area contributed by atoms with Crippen molar-refractivity contribution in [1.82, 2.24) is 5.32 Å². The molecule has 1 aliphatic rings. The lowest BCUT2D eigenvalue weighted by molar-refractivity contribution is -0.122. The number of benzene rings is 1. The molecule has 1 aromatic carbocycles. The van der Waals surface area contributed by atoms with Gasteiger partial charge in [0.05, 0.1) is 0 Å². The van der Waals surface area contributed by atoms with E-state index in [1.807, 2.05) is 0 Å². The second kappa shape index (κ2) is 7.60. The van der Waals surface area contributed by atoms with Crippen molar-refractivity contribution >= 4 is 5.91 Å². The quantitative estimate of drug-likeness (QED) is 0.845. The SMILES string of the molecule is CC(C)c1ccc(CCC(=O)NC2CCCC2CN)cc1. The summed E-state index contributed by atoms with van der Waals surface area (Å²) >= 11 is 0. The predicted octanol–water partition coefficient (Wildman–Crippen LogP) is 2.99. The van der Waals surface area contributed by atoms with Crippen molar-refractivity contribution in [3.8, 4) is 0 Å². The van der Waals surface area contributed by atoms with Gasteiger partial charge in [-0.25, -0.2) is 0 Å². The second-order valence-electron chi connectivity index (χ2n) is 6.50. The fraction of sp³-hybridized carbons (Fsp3) is 0.611. The van der Waals surface area contributed by atoms with E-state index in [0.717, 1.165) is 19.3 Å². The van der Waals surface area contributed by atoms with Crippen molar-refractivity contribution in [3.05, 3.63) is 35.4 Å². The van der Waals surface area contributed by atoms with Crippen molar-refractivity contribution in [2.24, 2.45) is 11.7 Å². The number of amides is 1. The van der Waals surface area contributed by atoms with Crippen LogP contribution >= 0.6 is 0 Å². The van der Waals surface area contributed by atoms with Crippen LogP contribution in [0.3, 0.4) is 0 Å². The van der Waals surface area contributed by atoms with Gasteiger partial charge in [0.15, 0.2) is 0 Å². The smallest absolute Gasteiger partial charge is 0.220 e. The van der Waals surface area contributed by atoms with Gasteiger partial charge in [0, 0.05) is 12.5 Å². The summed E-state index contributed by atoms with van der Waals surface area (Å²) in [5.41, 5.74) is 8.33. The molecule has 2 rings (SSSR count). The molecule has 3 heteroatoms. The molecule has 0 aromatic heterocycles. The van der Waals surface area contributed by atoms with Crippen molar-refractivity contribution < 1.29 is 4.79 Å². The average molecular weight is 288 g/mol. The maximum absolute atomic E-state index is 12.1. The first-order valence-corrected chi connectivity index (χ1v) is 8.18. The molecule has 116 valence electrons. The topological polar surface area (TPSA) is 55.1 Å². The Morgan fingerprint density at radius 3 is 2.62 bits per heavy atom. The van der Waals surface area contributed by atoms with Crippen LogP contribution in [0.2, 0.25) is 0 Å². The summed E-state index contributed by atoms with van der Waals surface area (Å²) in [6.45, 7) is 5.07. The fourth-order valence-electron chi connectivity index (χ4n) is 3.12. The zero-order valence-corrected chi connectivity index (χ0v) is 13.3. The standard InChI is InChI=1S/C18H28N2O/c1-13(2)15-9-6-14(7-10-15)8-11-18(21)20-17-5-3-4-16(17)12-19/h6-7,9-10,13,16-17H,3-5,8,11-12,19H2,1-2H3,(H,20,21). The molecule has 1 fully saturated rings. The maximum atomic E-state index is 12.1. The molecular weight excluding hydrogens is 260 g/mol. The lowest BCUT2D eigenvalue weighted by Crippen LogP contribution is -2.39. The Labute approximate surface area is 128 Å². The minimum absolute atomic E-state index is 0.160. The van der Waals surface area contributed by atoms with Crippen LogP contribution in [-0.2, 0) is 11.2 Å². The van der Waals surface area contributed by atoms with Gasteiger partial charge in [-0.15, -0.1) is 0 Å². The predicted molar refractivity (Wildman–Crippen MR) is 87.2 cm³/mol. The molecule has 3 nitrogen and oxygen atoms in total. The highest BCUT2D eigenvalue weighted by molar-refractivity contribution is 5.76. The van der Waals surface area contributed by atoms with Gasteiger partial charge < -0.3 is 11.1 Å². The first kappa shape index (κ1) is 16.0. The van der Waals surface area contributed by atoms with E-state index in [2.05, 4.69) is 43.4 Å². The lowest BCUT2D eigenvalue weighted by Gasteiger charge is -2.19. The Balaban J connectivity index is 1.78. The summed E-state index contributed by atoms with van der Waals surface area (Å²) in [7, 11) is 0. The van der Waals surface area contributed by atoms with Crippen LogP contribution in [0.1, 0.15) is 56.6 Å². The van der Waals surface area contributed by atoms with Crippen molar-refractivity contribution in [2.75, 3.05) is 6.54 Å². The highest BCUT2D eigenvalue weighted by atomic mass is 16.1. The van der Waals surface area contributed by atoms with Crippen LogP contribution in [0.15, 0.2) is 24.3 Å². The molecule has 0 aliphatic heterocycles. The third-order valence-corrected chi connectivity index (χ3v) is 4.60. The molecule has 21 heavy (non-hydrogen) atoms. The van der Waals surface area contributed by atoms with Crippen LogP contribution in [0.25, 0.3) is 0 Å². The monoisotopic (exact) mass is 288 g/mol. The molecule has 1 aliphatic carbocycles. The molecule has 0 saturated heterocycles. The number of hydrogen-bond acceptors (Lipinski definition) is 2. The number of nitrogens with two attached hydrogens (primary N) is 1. The highest BCUT2D eigenvalue weighted by Gasteiger charge is 2.26. The van der Waals surface area contributed by atoms with Gasteiger partial charge in [0.2, 0.25) is 5.91 Å². The Hall–Kier alpha value is -1.35. The molecule has 1 aromatic rings. The van der Waals surface area contributed by atoms with E-state index in [9.17, 15) is 4.79 Å². The first-order valence-electron chi connectivity index (χ1n) is 8.18. The van der Waals surface area contributed by atoms with E-state index in [0.29, 0.717) is 30.8 Å². The Morgan fingerprint density at radius 2 is 2.00 bits per heavy atom. The molecule has 2 unspecified atom stereocenters. The molecule has 3 N–H and O–H groups in total. The Kier molecular flexibility index (Phi) is 5.80. The maximum Gasteiger partial charge on any atom is 0.220 e. The number of aryl methyl sites for hydroxylation is 1. The summed E-state index contributed by atoms with van der Waals surface area (Å²) in [4.78, 5) is 12.1. The highest BCUT2D eigenvalue weighted by Crippen LogP contribution is 2.24. The van der Waals surface area contributed by atoms with E-state index in [-0.39, 0.29) is 5.91 Å². The summed E-state index contributed by atoms with van der Waals surface area (Å²) in [5.74, 6) is 1.19. The van der Waals surface area contributed by atoms with E-state index >= 15 is 0 Å². The summed E-state index contributed by atoms with van der Waals surface area (Å²) < 4.78 is 0. The van der Waals surface area contributed by atoms with Crippen molar-refractivity contribution in [1.29, 1.82) is 0 Å². The largest absolute Gasteiger partial charge is 0.353 e. The van der Waals surface area contributed by atoms with Gasteiger partial charge >= 0.3 is 0 Å².